The van der Waals surface area contributed by atoms with Gasteiger partial charge in [0.05, 0.1) is 26.0 Å². The summed E-state index contributed by atoms with van der Waals surface area (Å²) in [6.07, 6.45) is 0.902. The fourth-order valence-corrected chi connectivity index (χ4v) is 1.05. The number of nitrogens with zero attached hydrogens (tertiary/aromatic N) is 2. The van der Waals surface area contributed by atoms with Crippen LogP contribution in [0.25, 0.3) is 0 Å². The zero-order valence-corrected chi connectivity index (χ0v) is 10.5. The number of hydrogen-bond acceptors (Lipinski definition) is 6. The van der Waals surface area contributed by atoms with Crippen LogP contribution in [0.1, 0.15) is 0 Å². The smallest absolute Gasteiger partial charge is 0.357 e. The first kappa shape index (κ1) is 14.3. The quantitative estimate of drug-likeness (QED) is 0.469. The number of hydrogen-bond donors (Lipinski definition) is 0. The van der Waals surface area contributed by atoms with Crippen LogP contribution in [0.2, 0.25) is 0 Å². The van der Waals surface area contributed by atoms with E-state index in [1.165, 1.54) is 14.2 Å². The van der Waals surface area contributed by atoms with Gasteiger partial charge in [-0.15, -0.1) is 0 Å². The molecule has 0 bridgehead atoms. The second kappa shape index (κ2) is 7.58. The molecule has 1 rings (SSSR count). The number of esters is 2. The molecule has 1 aromatic rings. The summed E-state index contributed by atoms with van der Waals surface area (Å²) in [6, 6.07) is 11.2. The minimum Gasteiger partial charge on any atom is -0.466 e. The van der Waals surface area contributed by atoms with E-state index in [9.17, 15) is 9.59 Å². The highest BCUT2D eigenvalue weighted by molar-refractivity contribution is 5.96. The molecule has 0 atom stereocenters. The molecule has 0 heterocycles. The van der Waals surface area contributed by atoms with Crippen LogP contribution in [0.5, 0.6) is 0 Å². The van der Waals surface area contributed by atoms with Gasteiger partial charge in [0.25, 0.3) is 0 Å². The van der Waals surface area contributed by atoms with Crippen molar-refractivity contribution in [1.82, 2.24) is 0 Å². The Bertz CT molecular complexity index is 543. The van der Waals surface area contributed by atoms with Crippen molar-refractivity contribution in [2.45, 2.75) is 0 Å². The first-order valence-corrected chi connectivity index (χ1v) is 5.27. The van der Waals surface area contributed by atoms with Crippen LogP contribution in [0, 0.1) is 0 Å². The fourth-order valence-electron chi connectivity index (χ4n) is 1.05. The summed E-state index contributed by atoms with van der Waals surface area (Å²) in [7, 11) is 2.37. The Labute approximate surface area is 110 Å². The molecule has 0 fully saturated rings. The molecule has 0 saturated heterocycles. The van der Waals surface area contributed by atoms with E-state index in [1.807, 2.05) is 6.07 Å². The Hall–Kier alpha value is -2.72. The van der Waals surface area contributed by atoms with Gasteiger partial charge in [0.1, 0.15) is 6.01 Å². The van der Waals surface area contributed by atoms with Gasteiger partial charge in [-0.05, 0) is 12.1 Å². The predicted octanol–water partition coefficient (Wildman–Crippen LogP) is 1.72. The highest BCUT2D eigenvalue weighted by Gasteiger charge is 2.10. The van der Waals surface area contributed by atoms with Crippen LogP contribution in [0.15, 0.2) is 52.1 Å². The minimum atomic E-state index is -0.777. The molecule has 6 heteroatoms. The number of rotatable bonds is 4. The number of carbonyl (C=O) groups excluding carboxylic acids is 2. The van der Waals surface area contributed by atoms with Crippen LogP contribution in [-0.2, 0) is 19.1 Å². The molecule has 19 heavy (non-hydrogen) atoms. The van der Waals surface area contributed by atoms with Crippen LogP contribution in [0.4, 0.5) is 5.69 Å². The first-order valence-electron chi connectivity index (χ1n) is 5.27. The molecule has 98 valence electrons. The third-order valence-corrected chi connectivity index (χ3v) is 1.96. The third-order valence-electron chi connectivity index (χ3n) is 1.96. The molecular formula is C13H12N2O4. The van der Waals surface area contributed by atoms with Gasteiger partial charge in [-0.25, -0.2) is 9.59 Å². The van der Waals surface area contributed by atoms with Gasteiger partial charge in [0, 0.05) is 0 Å². The summed E-state index contributed by atoms with van der Waals surface area (Å²) in [5.41, 5.74) is 0.377. The van der Waals surface area contributed by atoms with E-state index in [2.05, 4.69) is 25.5 Å². The maximum atomic E-state index is 11.3. The molecule has 0 aliphatic carbocycles. The average molecular weight is 260 g/mol. The SMILES string of the molecule is COC(=O)/C=C(\N=C=Nc1ccccc1)C(=O)OC. The van der Waals surface area contributed by atoms with Crippen LogP contribution >= 0.6 is 0 Å². The van der Waals surface area contributed by atoms with Gasteiger partial charge < -0.3 is 9.47 Å². The monoisotopic (exact) mass is 260 g/mol. The highest BCUT2D eigenvalue weighted by atomic mass is 16.5. The maximum Gasteiger partial charge on any atom is 0.357 e. The molecule has 0 spiro atoms. The molecule has 0 N–H and O–H groups in total. The Kier molecular flexibility index (Phi) is 5.72. The van der Waals surface area contributed by atoms with E-state index < -0.39 is 11.9 Å². The molecule has 1 aromatic carbocycles. The molecule has 0 aromatic heterocycles. The van der Waals surface area contributed by atoms with Gasteiger partial charge in [-0.3, -0.25) is 0 Å². The summed E-state index contributed by atoms with van der Waals surface area (Å²) in [6.45, 7) is 0. The van der Waals surface area contributed by atoms with E-state index >= 15 is 0 Å². The number of carbonyl (C=O) groups is 2. The Balaban J connectivity index is 2.95. The van der Waals surface area contributed by atoms with Gasteiger partial charge in [0.15, 0.2) is 5.70 Å². The van der Waals surface area contributed by atoms with Gasteiger partial charge in [-0.2, -0.15) is 9.98 Å². The van der Waals surface area contributed by atoms with Crippen molar-refractivity contribution >= 4 is 23.6 Å². The maximum absolute atomic E-state index is 11.3. The Morgan fingerprint density at radius 3 is 2.42 bits per heavy atom. The van der Waals surface area contributed by atoms with Crippen molar-refractivity contribution in [3.63, 3.8) is 0 Å². The summed E-state index contributed by atoms with van der Waals surface area (Å²) in [4.78, 5) is 29.9. The average Bonchev–Trinajstić information content (AvgIpc) is 2.46. The summed E-state index contributed by atoms with van der Waals surface area (Å²) in [5, 5.41) is 0. The topological polar surface area (TPSA) is 77.3 Å². The van der Waals surface area contributed by atoms with Crippen LogP contribution in [0.3, 0.4) is 0 Å². The molecule has 0 aliphatic heterocycles. The van der Waals surface area contributed by atoms with Crippen molar-refractivity contribution in [1.29, 1.82) is 0 Å². The third kappa shape index (κ3) is 4.97. The number of benzene rings is 1. The second-order valence-corrected chi connectivity index (χ2v) is 3.20. The number of methoxy groups -OCH3 is 2. The standard InChI is InChI=1S/C13H12N2O4/c1-18-12(16)8-11(13(17)19-2)15-9-14-10-6-4-3-5-7-10/h3-8H,1-2H3/b11-8-. The lowest BCUT2D eigenvalue weighted by Crippen LogP contribution is -2.06. The summed E-state index contributed by atoms with van der Waals surface area (Å²) in [5.74, 6) is -1.49. The molecule has 0 amide bonds. The van der Waals surface area contributed by atoms with E-state index in [-0.39, 0.29) is 5.70 Å². The minimum absolute atomic E-state index is 0.242. The molecule has 6 nitrogen and oxygen atoms in total. The zero-order chi connectivity index (χ0) is 14.1. The lowest BCUT2D eigenvalue weighted by atomic mass is 10.3. The number of aliphatic imine (C=N–C) groups is 2. The number of ether oxygens (including phenoxy) is 2. The van der Waals surface area contributed by atoms with Crippen molar-refractivity contribution in [3.05, 3.63) is 42.1 Å². The Morgan fingerprint density at radius 2 is 1.84 bits per heavy atom. The van der Waals surface area contributed by atoms with E-state index in [0.29, 0.717) is 5.69 Å². The molecule has 0 unspecified atom stereocenters. The summed E-state index contributed by atoms with van der Waals surface area (Å²) < 4.78 is 8.87. The highest BCUT2D eigenvalue weighted by Crippen LogP contribution is 2.08. The number of para-hydroxylation sites is 1. The lowest BCUT2D eigenvalue weighted by molar-refractivity contribution is -0.138. The van der Waals surface area contributed by atoms with Gasteiger partial charge >= 0.3 is 11.9 Å². The van der Waals surface area contributed by atoms with Crippen LogP contribution < -0.4 is 0 Å². The van der Waals surface area contributed by atoms with Crippen molar-refractivity contribution in [3.8, 4) is 0 Å². The second-order valence-electron chi connectivity index (χ2n) is 3.20. The molecular weight excluding hydrogens is 248 g/mol. The molecule has 0 aliphatic rings. The predicted molar refractivity (Wildman–Crippen MR) is 68.1 cm³/mol. The van der Waals surface area contributed by atoms with E-state index in [0.717, 1.165) is 6.08 Å². The first-order chi connectivity index (χ1) is 9.17. The van der Waals surface area contributed by atoms with Crippen LogP contribution in [-0.4, -0.2) is 32.2 Å². The van der Waals surface area contributed by atoms with Crippen molar-refractivity contribution < 1.29 is 19.1 Å². The molecule has 0 radical (unpaired) electrons. The fraction of sp³-hybridized carbons (Fsp3) is 0.154. The zero-order valence-electron chi connectivity index (χ0n) is 10.5. The van der Waals surface area contributed by atoms with E-state index in [1.54, 1.807) is 24.3 Å². The molecule has 0 saturated carbocycles. The summed E-state index contributed by atoms with van der Waals surface area (Å²) >= 11 is 0. The largest absolute Gasteiger partial charge is 0.466 e. The van der Waals surface area contributed by atoms with E-state index in [4.69, 9.17) is 0 Å². The van der Waals surface area contributed by atoms with Gasteiger partial charge in [0.2, 0.25) is 0 Å². The lowest BCUT2D eigenvalue weighted by Gasteiger charge is -1.96. The Morgan fingerprint density at radius 1 is 1.16 bits per heavy atom. The van der Waals surface area contributed by atoms with Crippen molar-refractivity contribution in [2.75, 3.05) is 14.2 Å². The normalized spacial score (nSPS) is 10.1. The van der Waals surface area contributed by atoms with Gasteiger partial charge in [-0.1, -0.05) is 18.2 Å². The van der Waals surface area contributed by atoms with Crippen molar-refractivity contribution in [2.24, 2.45) is 9.98 Å².